The molecular weight excluding hydrogens is 248 g/mol. The highest BCUT2D eigenvalue weighted by Gasteiger charge is 2.33. The molecule has 0 radical (unpaired) electrons. The van der Waals surface area contributed by atoms with Crippen LogP contribution in [0.4, 0.5) is 13.2 Å². The molecule has 0 heterocycles. The monoisotopic (exact) mass is 260 g/mol. The molecule has 96 valence electrons. The van der Waals surface area contributed by atoms with Crippen LogP contribution in [0.25, 0.3) is 0 Å². The van der Waals surface area contributed by atoms with Gasteiger partial charge in [0.1, 0.15) is 0 Å². The fraction of sp³-hybridized carbons (Fsp3) is 0.200. The van der Waals surface area contributed by atoms with E-state index < -0.39 is 11.7 Å². The standard InChI is InChI=1S/C15H12BF3/c1-16(13-7-3-2-4-8-13)14-9-5-6-12(10-11-14)15(17,18)19/h2-4,6-8,11H,10H2,1H3. The van der Waals surface area contributed by atoms with Gasteiger partial charge in [-0.1, -0.05) is 60.5 Å². The normalized spacial score (nSPS) is 14.7. The second-order valence-electron chi connectivity index (χ2n) is 4.43. The largest absolute Gasteiger partial charge is 0.413 e. The van der Waals surface area contributed by atoms with Crippen molar-refractivity contribution in [1.29, 1.82) is 0 Å². The van der Waals surface area contributed by atoms with Crippen LogP contribution in [-0.2, 0) is 0 Å². The molecule has 0 N–H and O–H groups in total. The predicted octanol–water partition coefficient (Wildman–Crippen LogP) is 3.38. The van der Waals surface area contributed by atoms with Gasteiger partial charge in [0.25, 0.3) is 0 Å². The first-order valence-corrected chi connectivity index (χ1v) is 6.01. The summed E-state index contributed by atoms with van der Waals surface area (Å²) < 4.78 is 37.8. The summed E-state index contributed by atoms with van der Waals surface area (Å²) in [5.41, 5.74) is 1.20. The first-order valence-electron chi connectivity index (χ1n) is 6.01. The van der Waals surface area contributed by atoms with Gasteiger partial charge in [0.2, 0.25) is 6.71 Å². The highest BCUT2D eigenvalue weighted by atomic mass is 19.4. The molecule has 1 aliphatic rings. The Labute approximate surface area is 111 Å². The van der Waals surface area contributed by atoms with Gasteiger partial charge in [-0.15, -0.1) is 0 Å². The summed E-state index contributed by atoms with van der Waals surface area (Å²) >= 11 is 0. The molecule has 0 amide bonds. The zero-order chi connectivity index (χ0) is 13.9. The van der Waals surface area contributed by atoms with Gasteiger partial charge in [0.05, 0.1) is 0 Å². The number of hydrogen-bond donors (Lipinski definition) is 0. The first kappa shape index (κ1) is 13.5. The lowest BCUT2D eigenvalue weighted by atomic mass is 9.42. The zero-order valence-corrected chi connectivity index (χ0v) is 10.5. The summed E-state index contributed by atoms with van der Waals surface area (Å²) in [5.74, 6) is 5.32. The number of hydrogen-bond acceptors (Lipinski definition) is 0. The molecule has 0 aliphatic heterocycles. The summed E-state index contributed by atoms with van der Waals surface area (Å²) in [6.07, 6.45) is -1.87. The van der Waals surface area contributed by atoms with E-state index >= 15 is 0 Å². The van der Waals surface area contributed by atoms with Crippen molar-refractivity contribution in [1.82, 2.24) is 0 Å². The number of halogens is 3. The van der Waals surface area contributed by atoms with E-state index in [1.165, 1.54) is 0 Å². The average molecular weight is 260 g/mol. The Balaban J connectivity index is 2.21. The molecule has 0 bridgehead atoms. The molecule has 0 saturated heterocycles. The second-order valence-corrected chi connectivity index (χ2v) is 4.43. The van der Waals surface area contributed by atoms with E-state index in [1.807, 2.05) is 37.2 Å². The maximum absolute atomic E-state index is 12.6. The fourth-order valence-electron chi connectivity index (χ4n) is 1.94. The van der Waals surface area contributed by atoms with E-state index in [9.17, 15) is 13.2 Å². The maximum Gasteiger partial charge on any atom is 0.413 e. The van der Waals surface area contributed by atoms with E-state index in [0.717, 1.165) is 17.0 Å². The molecule has 19 heavy (non-hydrogen) atoms. The zero-order valence-electron chi connectivity index (χ0n) is 10.5. The Hall–Kier alpha value is -1.89. The lowest BCUT2D eigenvalue weighted by molar-refractivity contribution is -0.0928. The molecule has 4 heteroatoms. The van der Waals surface area contributed by atoms with Gasteiger partial charge in [0.15, 0.2) is 0 Å². The molecule has 0 aromatic heterocycles. The van der Waals surface area contributed by atoms with Crippen LogP contribution in [0.2, 0.25) is 6.82 Å². The van der Waals surface area contributed by atoms with Crippen LogP contribution < -0.4 is 5.46 Å². The molecule has 0 unspecified atom stereocenters. The van der Waals surface area contributed by atoms with E-state index in [4.69, 9.17) is 0 Å². The minimum absolute atomic E-state index is 0.00897. The minimum atomic E-state index is -4.30. The van der Waals surface area contributed by atoms with Gasteiger partial charge in [-0.25, -0.2) is 0 Å². The second kappa shape index (κ2) is 5.40. The quantitative estimate of drug-likeness (QED) is 0.564. The average Bonchev–Trinajstić information content (AvgIpc) is 2.64. The van der Waals surface area contributed by atoms with Gasteiger partial charge >= 0.3 is 6.18 Å². The highest BCUT2D eigenvalue weighted by Crippen LogP contribution is 2.29. The van der Waals surface area contributed by atoms with E-state index in [1.54, 1.807) is 6.08 Å². The predicted molar refractivity (Wildman–Crippen MR) is 72.3 cm³/mol. The van der Waals surface area contributed by atoms with Crippen molar-refractivity contribution >= 4 is 12.2 Å². The van der Waals surface area contributed by atoms with Crippen molar-refractivity contribution in [2.24, 2.45) is 0 Å². The van der Waals surface area contributed by atoms with Crippen LogP contribution in [0.1, 0.15) is 6.42 Å². The Bertz CT molecular complexity index is 571. The third-order valence-electron chi connectivity index (χ3n) is 3.13. The van der Waals surface area contributed by atoms with E-state index in [-0.39, 0.29) is 13.1 Å². The molecular formula is C15H12BF3. The Kier molecular flexibility index (Phi) is 3.85. The summed E-state index contributed by atoms with van der Waals surface area (Å²) in [6, 6.07) is 9.64. The smallest absolute Gasteiger partial charge is 0.166 e. The SMILES string of the molecule is CB(C1=CCC(C(F)(F)F)=CC#C1)c1ccccc1. The lowest BCUT2D eigenvalue weighted by Crippen LogP contribution is -2.28. The van der Waals surface area contributed by atoms with Gasteiger partial charge in [-0.05, 0) is 18.0 Å². The number of benzene rings is 1. The van der Waals surface area contributed by atoms with Crippen LogP contribution in [0.15, 0.2) is 53.5 Å². The number of alkyl halides is 3. The van der Waals surface area contributed by atoms with Crippen molar-refractivity contribution in [3.05, 3.63) is 53.5 Å². The number of allylic oxidation sites excluding steroid dienone is 4. The van der Waals surface area contributed by atoms with Crippen molar-refractivity contribution in [2.75, 3.05) is 0 Å². The van der Waals surface area contributed by atoms with Gasteiger partial charge in [-0.3, -0.25) is 0 Å². The van der Waals surface area contributed by atoms with Gasteiger partial charge < -0.3 is 0 Å². The molecule has 0 fully saturated rings. The third kappa shape index (κ3) is 3.32. The fourth-order valence-corrected chi connectivity index (χ4v) is 1.94. The lowest BCUT2D eigenvalue weighted by Gasteiger charge is -2.10. The molecule has 0 nitrogen and oxygen atoms in total. The van der Waals surface area contributed by atoms with Crippen molar-refractivity contribution < 1.29 is 13.2 Å². The summed E-state index contributed by atoms with van der Waals surface area (Å²) in [5, 5.41) is 0. The molecule has 1 aliphatic carbocycles. The molecule has 0 atom stereocenters. The Morgan fingerprint density at radius 1 is 1.16 bits per heavy atom. The Morgan fingerprint density at radius 3 is 2.47 bits per heavy atom. The molecule has 1 aromatic carbocycles. The first-order chi connectivity index (χ1) is 8.98. The molecule has 0 saturated carbocycles. The minimum Gasteiger partial charge on any atom is -0.166 e. The van der Waals surface area contributed by atoms with Crippen LogP contribution >= 0.6 is 0 Å². The summed E-state index contributed by atoms with van der Waals surface area (Å²) in [7, 11) is 0. The highest BCUT2D eigenvalue weighted by molar-refractivity contribution is 6.79. The van der Waals surface area contributed by atoms with E-state index in [0.29, 0.717) is 0 Å². The van der Waals surface area contributed by atoms with Crippen molar-refractivity contribution in [3.8, 4) is 11.8 Å². The Morgan fingerprint density at radius 2 is 1.84 bits per heavy atom. The van der Waals surface area contributed by atoms with Crippen LogP contribution in [0.3, 0.4) is 0 Å². The third-order valence-corrected chi connectivity index (χ3v) is 3.13. The van der Waals surface area contributed by atoms with E-state index in [2.05, 4.69) is 11.8 Å². The molecule has 1 aromatic rings. The van der Waals surface area contributed by atoms with Gasteiger partial charge in [0, 0.05) is 5.57 Å². The number of rotatable bonds is 2. The van der Waals surface area contributed by atoms with Gasteiger partial charge in [-0.2, -0.15) is 13.2 Å². The summed E-state index contributed by atoms with van der Waals surface area (Å²) in [4.78, 5) is 0. The maximum atomic E-state index is 12.6. The van der Waals surface area contributed by atoms with Crippen LogP contribution in [-0.4, -0.2) is 12.9 Å². The van der Waals surface area contributed by atoms with Crippen LogP contribution in [0.5, 0.6) is 0 Å². The molecule has 2 rings (SSSR count). The van der Waals surface area contributed by atoms with Crippen molar-refractivity contribution in [2.45, 2.75) is 19.4 Å². The van der Waals surface area contributed by atoms with Crippen LogP contribution in [0, 0.1) is 11.8 Å². The topological polar surface area (TPSA) is 0 Å². The molecule has 0 spiro atoms. The summed E-state index contributed by atoms with van der Waals surface area (Å²) in [6.45, 7) is 1.96. The van der Waals surface area contributed by atoms with Crippen molar-refractivity contribution in [3.63, 3.8) is 0 Å².